The zero-order valence-electron chi connectivity index (χ0n) is 9.51. The molecule has 0 radical (unpaired) electrons. The van der Waals surface area contributed by atoms with E-state index in [0.29, 0.717) is 37.0 Å². The van der Waals surface area contributed by atoms with Gasteiger partial charge in [0, 0.05) is 23.8 Å². The van der Waals surface area contributed by atoms with E-state index in [1.807, 2.05) is 0 Å². The summed E-state index contributed by atoms with van der Waals surface area (Å²) >= 11 is 34.5. The monoisotopic (exact) mass is 396 g/mol. The maximum atomic E-state index is 5.96. The molecule has 0 amide bonds. The predicted molar refractivity (Wildman–Crippen MR) is 84.8 cm³/mol. The van der Waals surface area contributed by atoms with Crippen molar-refractivity contribution in [3.05, 3.63) is 0 Å². The topological polar surface area (TPSA) is 18.5 Å². The quantitative estimate of drug-likeness (QED) is 0.365. The maximum absolute atomic E-state index is 5.96. The molecule has 0 spiro atoms. The average molecular weight is 399 g/mol. The minimum atomic E-state index is -1.18. The van der Waals surface area contributed by atoms with Crippen molar-refractivity contribution in [2.75, 3.05) is 37.0 Å². The van der Waals surface area contributed by atoms with E-state index in [2.05, 4.69) is 0 Å². The van der Waals surface area contributed by atoms with Crippen LogP contribution in [0.3, 0.4) is 0 Å². The Morgan fingerprint density at radius 2 is 1.11 bits per heavy atom. The minimum Gasteiger partial charge on any atom is -0.332 e. The molecule has 0 saturated carbocycles. The Balaban J connectivity index is 4.07. The van der Waals surface area contributed by atoms with E-state index in [1.54, 1.807) is 0 Å². The van der Waals surface area contributed by atoms with Crippen molar-refractivity contribution in [3.63, 3.8) is 0 Å². The largest absolute Gasteiger partial charge is 0.332 e. The third-order valence-electron chi connectivity index (χ3n) is 1.65. The number of rotatable bonds is 11. The fraction of sp³-hybridized carbons (Fsp3) is 1.00. The van der Waals surface area contributed by atoms with Crippen molar-refractivity contribution >= 4 is 78.0 Å². The molecule has 0 aliphatic rings. The highest BCUT2D eigenvalue weighted by atomic mass is 35.5. The standard InChI is InChI=1S/C9H15Cl6O2P/c10-1-7(13)4-16-18(6-9(15)3-12)17-5-8(14)2-11/h7-9H,1-6H2. The molecule has 0 aromatic heterocycles. The Morgan fingerprint density at radius 1 is 0.722 bits per heavy atom. The molecule has 0 aromatic carbocycles. The number of hydrogen-bond acceptors (Lipinski definition) is 2. The van der Waals surface area contributed by atoms with Gasteiger partial charge in [-0.15, -0.1) is 69.6 Å². The molecule has 0 aromatic rings. The summed E-state index contributed by atoms with van der Waals surface area (Å²) in [6.07, 6.45) is 0.512. The van der Waals surface area contributed by atoms with Crippen LogP contribution in [0.2, 0.25) is 0 Å². The van der Waals surface area contributed by atoms with Crippen LogP contribution in [0, 0.1) is 0 Å². The fourth-order valence-corrected chi connectivity index (χ4v) is 3.28. The first-order valence-corrected chi connectivity index (χ1v) is 9.44. The molecule has 0 aliphatic heterocycles. The van der Waals surface area contributed by atoms with Gasteiger partial charge in [-0.2, -0.15) is 0 Å². The van der Waals surface area contributed by atoms with Crippen LogP contribution in [0.4, 0.5) is 0 Å². The molecule has 110 valence electrons. The summed E-state index contributed by atoms with van der Waals surface area (Å²) in [4.78, 5) is 0. The second kappa shape index (κ2) is 12.8. The molecule has 0 bridgehead atoms. The van der Waals surface area contributed by atoms with Crippen LogP contribution in [0.5, 0.6) is 0 Å². The van der Waals surface area contributed by atoms with E-state index < -0.39 is 8.38 Å². The van der Waals surface area contributed by atoms with Gasteiger partial charge in [-0.1, -0.05) is 0 Å². The summed E-state index contributed by atoms with van der Waals surface area (Å²) in [5, 5.41) is -0.734. The van der Waals surface area contributed by atoms with Gasteiger partial charge in [-0.25, -0.2) is 0 Å². The molecule has 0 saturated heterocycles. The molecule has 0 heterocycles. The first-order chi connectivity index (χ1) is 8.53. The van der Waals surface area contributed by atoms with E-state index >= 15 is 0 Å². The first-order valence-electron chi connectivity index (χ1n) is 5.16. The van der Waals surface area contributed by atoms with E-state index in [-0.39, 0.29) is 16.1 Å². The third kappa shape index (κ3) is 10.8. The fourth-order valence-electron chi connectivity index (χ4n) is 0.770. The molecule has 0 N–H and O–H groups in total. The second-order valence-corrected chi connectivity index (χ2v) is 7.69. The van der Waals surface area contributed by atoms with Crippen LogP contribution in [0.15, 0.2) is 0 Å². The highest BCUT2D eigenvalue weighted by molar-refractivity contribution is 7.47. The average Bonchev–Trinajstić information content (AvgIpc) is 2.40. The summed E-state index contributed by atoms with van der Waals surface area (Å²) < 4.78 is 11.1. The lowest BCUT2D eigenvalue weighted by Crippen LogP contribution is -2.16. The van der Waals surface area contributed by atoms with Crippen molar-refractivity contribution in [2.24, 2.45) is 0 Å². The van der Waals surface area contributed by atoms with Crippen molar-refractivity contribution in [1.82, 2.24) is 0 Å². The highest BCUT2D eigenvalue weighted by Gasteiger charge is 2.19. The summed E-state index contributed by atoms with van der Waals surface area (Å²) in [6.45, 7) is 0.604. The molecular weight excluding hydrogens is 384 g/mol. The van der Waals surface area contributed by atoms with Gasteiger partial charge in [0.2, 0.25) is 0 Å². The molecule has 18 heavy (non-hydrogen) atoms. The van der Waals surface area contributed by atoms with Gasteiger partial charge in [-0.3, -0.25) is 0 Å². The van der Waals surface area contributed by atoms with Gasteiger partial charge in [0.05, 0.1) is 29.3 Å². The lowest BCUT2D eigenvalue weighted by Gasteiger charge is -2.21. The molecule has 0 rings (SSSR count). The van der Waals surface area contributed by atoms with Gasteiger partial charge < -0.3 is 9.05 Å². The second-order valence-electron chi connectivity index (χ2n) is 3.36. The maximum Gasteiger partial charge on any atom is 0.172 e. The Hall–Kier alpha value is 2.09. The van der Waals surface area contributed by atoms with E-state index in [1.165, 1.54) is 0 Å². The third-order valence-corrected chi connectivity index (χ3v) is 5.94. The normalized spacial score (nSPS) is 18.3. The molecule has 0 fully saturated rings. The van der Waals surface area contributed by atoms with Crippen LogP contribution in [0.1, 0.15) is 0 Å². The van der Waals surface area contributed by atoms with E-state index in [4.69, 9.17) is 78.7 Å². The predicted octanol–water partition coefficient (Wildman–Crippen LogP) is 4.87. The van der Waals surface area contributed by atoms with Crippen molar-refractivity contribution in [1.29, 1.82) is 0 Å². The zero-order chi connectivity index (χ0) is 14.0. The molecule has 9 heteroatoms. The zero-order valence-corrected chi connectivity index (χ0v) is 14.9. The summed E-state index contributed by atoms with van der Waals surface area (Å²) in [5.41, 5.74) is 0. The summed E-state index contributed by atoms with van der Waals surface area (Å²) in [5.74, 6) is 0.946. The molecule has 0 aliphatic carbocycles. The Bertz CT molecular complexity index is 188. The summed E-state index contributed by atoms with van der Waals surface area (Å²) in [6, 6.07) is 0. The number of alkyl halides is 6. The van der Waals surface area contributed by atoms with Crippen LogP contribution in [0.25, 0.3) is 0 Å². The molecular formula is C9H15Cl6O2P. The Kier molecular flexibility index (Phi) is 14.3. The lowest BCUT2D eigenvalue weighted by molar-refractivity contribution is 0.253. The van der Waals surface area contributed by atoms with Gasteiger partial charge >= 0.3 is 0 Å². The van der Waals surface area contributed by atoms with Crippen LogP contribution in [-0.2, 0) is 9.05 Å². The van der Waals surface area contributed by atoms with Gasteiger partial charge in [-0.05, 0) is 0 Å². The van der Waals surface area contributed by atoms with Crippen LogP contribution >= 0.6 is 78.0 Å². The Morgan fingerprint density at radius 3 is 1.44 bits per heavy atom. The van der Waals surface area contributed by atoms with Gasteiger partial charge in [0.1, 0.15) is 0 Å². The van der Waals surface area contributed by atoms with Crippen molar-refractivity contribution in [2.45, 2.75) is 16.1 Å². The first kappa shape index (κ1) is 20.1. The van der Waals surface area contributed by atoms with Crippen LogP contribution < -0.4 is 0 Å². The summed E-state index contributed by atoms with van der Waals surface area (Å²) in [7, 11) is -1.18. The highest BCUT2D eigenvalue weighted by Crippen LogP contribution is 2.41. The molecule has 3 unspecified atom stereocenters. The van der Waals surface area contributed by atoms with Crippen molar-refractivity contribution in [3.8, 4) is 0 Å². The number of hydrogen-bond donors (Lipinski definition) is 0. The molecule has 2 nitrogen and oxygen atoms in total. The lowest BCUT2D eigenvalue weighted by atomic mass is 10.5. The van der Waals surface area contributed by atoms with Crippen molar-refractivity contribution < 1.29 is 9.05 Å². The van der Waals surface area contributed by atoms with Gasteiger partial charge in [0.15, 0.2) is 8.38 Å². The SMILES string of the molecule is ClCC(Cl)COP(CC(Cl)CCl)OCC(Cl)CCl. The smallest absolute Gasteiger partial charge is 0.172 e. The van der Waals surface area contributed by atoms with Crippen LogP contribution in [-0.4, -0.2) is 53.1 Å². The van der Waals surface area contributed by atoms with Gasteiger partial charge in [0.25, 0.3) is 0 Å². The van der Waals surface area contributed by atoms with E-state index in [0.717, 1.165) is 0 Å². The van der Waals surface area contributed by atoms with E-state index in [9.17, 15) is 0 Å². The number of halogens is 6. The minimum absolute atomic E-state index is 0.215. The Labute approximate surface area is 139 Å². The molecule has 3 atom stereocenters.